The molecule has 0 aliphatic carbocycles. The van der Waals surface area contributed by atoms with E-state index in [0.717, 1.165) is 64.1 Å². The lowest BCUT2D eigenvalue weighted by Crippen LogP contribution is -2.42. The molecule has 2 saturated heterocycles. The van der Waals surface area contributed by atoms with E-state index in [0.29, 0.717) is 56.2 Å². The number of nitrogens with zero attached hydrogens (tertiary/aromatic N) is 5. The molecule has 0 spiro atoms. The summed E-state index contributed by atoms with van der Waals surface area (Å²) in [7, 11) is 0. The zero-order chi connectivity index (χ0) is 34.2. The number of hydrogen-bond donors (Lipinski definition) is 2. The molecule has 3 aromatic carbocycles. The van der Waals surface area contributed by atoms with E-state index in [1.54, 1.807) is 4.90 Å². The molecule has 49 heavy (non-hydrogen) atoms. The number of nitrogens with two attached hydrogens (primary N) is 1. The molecule has 4 heterocycles. The number of benzene rings is 3. The zero-order valence-electron chi connectivity index (χ0n) is 27.6. The SMILES string of the molecule is Cc1noc(C)c1-c1ccc2c(c1)nc([C@@H]1CCCC(=O)N1c1ccc(F)c(F)c1)n2C1CCN(CC(=O)Nc2ccc(CN)cc2)CC1. The summed E-state index contributed by atoms with van der Waals surface area (Å²) in [5.74, 6) is -0.785. The Kier molecular flexibility index (Phi) is 9.00. The van der Waals surface area contributed by atoms with E-state index < -0.39 is 17.7 Å². The number of carbonyl (C=O) groups is 2. The number of aromatic nitrogens is 3. The van der Waals surface area contributed by atoms with Crippen molar-refractivity contribution in [1.82, 2.24) is 19.6 Å². The molecule has 2 amide bonds. The molecule has 2 aliphatic rings. The number of fused-ring (bicyclic) bond motifs is 1. The molecule has 2 aromatic heterocycles. The second-order valence-electron chi connectivity index (χ2n) is 13.0. The van der Waals surface area contributed by atoms with Crippen LogP contribution >= 0.6 is 0 Å². The normalized spacial score (nSPS) is 17.6. The molecule has 0 radical (unpaired) electrons. The van der Waals surface area contributed by atoms with Crippen LogP contribution in [0.1, 0.15) is 67.0 Å². The summed E-state index contributed by atoms with van der Waals surface area (Å²) < 4.78 is 36.1. The molecule has 5 aromatic rings. The highest BCUT2D eigenvalue weighted by molar-refractivity contribution is 5.95. The van der Waals surface area contributed by atoms with Gasteiger partial charge < -0.3 is 25.0 Å². The summed E-state index contributed by atoms with van der Waals surface area (Å²) in [6.07, 6.45) is 3.10. The predicted octanol–water partition coefficient (Wildman–Crippen LogP) is 6.58. The van der Waals surface area contributed by atoms with E-state index in [9.17, 15) is 18.4 Å². The molecule has 12 heteroatoms. The Morgan fingerprint density at radius 3 is 2.47 bits per heavy atom. The largest absolute Gasteiger partial charge is 0.361 e. The Bertz CT molecular complexity index is 1990. The highest BCUT2D eigenvalue weighted by Crippen LogP contribution is 2.41. The maximum absolute atomic E-state index is 14.5. The van der Waals surface area contributed by atoms with Crippen LogP contribution < -0.4 is 16.0 Å². The number of piperidine rings is 2. The summed E-state index contributed by atoms with van der Waals surface area (Å²) in [6, 6.07) is 16.8. The first-order valence-electron chi connectivity index (χ1n) is 16.7. The number of nitrogens with one attached hydrogen (secondary N) is 1. The van der Waals surface area contributed by atoms with Crippen LogP contribution in [0.4, 0.5) is 20.2 Å². The minimum atomic E-state index is -1.00. The summed E-state index contributed by atoms with van der Waals surface area (Å²) in [4.78, 5) is 35.3. The third kappa shape index (κ3) is 6.45. The van der Waals surface area contributed by atoms with Crippen molar-refractivity contribution in [3.8, 4) is 11.1 Å². The van der Waals surface area contributed by atoms with Crippen molar-refractivity contribution in [2.45, 2.75) is 64.6 Å². The Hall–Kier alpha value is -4.94. The van der Waals surface area contributed by atoms with Crippen molar-refractivity contribution in [3.63, 3.8) is 0 Å². The minimum Gasteiger partial charge on any atom is -0.361 e. The first-order chi connectivity index (χ1) is 23.7. The molecule has 7 rings (SSSR count). The quantitative estimate of drug-likeness (QED) is 0.192. The molecule has 3 N–H and O–H groups in total. The van der Waals surface area contributed by atoms with E-state index in [-0.39, 0.29) is 24.4 Å². The first kappa shape index (κ1) is 32.6. The fourth-order valence-corrected chi connectivity index (χ4v) is 7.32. The molecular weight excluding hydrogens is 628 g/mol. The van der Waals surface area contributed by atoms with Crippen molar-refractivity contribution in [2.24, 2.45) is 5.73 Å². The van der Waals surface area contributed by atoms with Crippen molar-refractivity contribution < 1.29 is 22.9 Å². The number of amides is 2. The van der Waals surface area contributed by atoms with Gasteiger partial charge >= 0.3 is 0 Å². The van der Waals surface area contributed by atoms with Crippen molar-refractivity contribution in [3.05, 3.63) is 95.1 Å². The number of rotatable bonds is 8. The van der Waals surface area contributed by atoms with Gasteiger partial charge in [-0.05, 0) is 87.1 Å². The van der Waals surface area contributed by atoms with E-state index in [1.807, 2.05) is 50.2 Å². The van der Waals surface area contributed by atoms with E-state index in [4.69, 9.17) is 15.2 Å². The molecule has 0 bridgehead atoms. The maximum atomic E-state index is 14.5. The van der Waals surface area contributed by atoms with Crippen LogP contribution in [0.25, 0.3) is 22.2 Å². The Morgan fingerprint density at radius 2 is 1.78 bits per heavy atom. The van der Waals surface area contributed by atoms with Crippen molar-refractivity contribution in [1.29, 1.82) is 0 Å². The first-order valence-corrected chi connectivity index (χ1v) is 16.7. The van der Waals surface area contributed by atoms with Gasteiger partial charge in [-0.25, -0.2) is 13.8 Å². The van der Waals surface area contributed by atoms with Gasteiger partial charge in [0.2, 0.25) is 11.8 Å². The summed E-state index contributed by atoms with van der Waals surface area (Å²) >= 11 is 0. The third-order valence-electron chi connectivity index (χ3n) is 9.73. The van der Waals surface area contributed by atoms with Crippen LogP contribution in [0, 0.1) is 25.5 Å². The van der Waals surface area contributed by atoms with E-state index in [1.165, 1.54) is 6.07 Å². The van der Waals surface area contributed by atoms with Gasteiger partial charge in [0.15, 0.2) is 11.6 Å². The number of likely N-dealkylation sites (tertiary alicyclic amines) is 1. The van der Waals surface area contributed by atoms with Crippen molar-refractivity contribution >= 4 is 34.2 Å². The average molecular weight is 668 g/mol. The smallest absolute Gasteiger partial charge is 0.238 e. The number of carbonyl (C=O) groups excluding carboxylic acids is 2. The lowest BCUT2D eigenvalue weighted by atomic mass is 9.98. The van der Waals surface area contributed by atoms with Gasteiger partial charge in [0, 0.05) is 55.1 Å². The lowest BCUT2D eigenvalue weighted by Gasteiger charge is -2.38. The monoisotopic (exact) mass is 667 g/mol. The Balaban J connectivity index is 1.20. The second kappa shape index (κ2) is 13.5. The van der Waals surface area contributed by atoms with Gasteiger partial charge in [-0.3, -0.25) is 14.5 Å². The maximum Gasteiger partial charge on any atom is 0.238 e. The topological polar surface area (TPSA) is 123 Å². The second-order valence-corrected chi connectivity index (χ2v) is 13.0. The molecule has 0 saturated carbocycles. The zero-order valence-corrected chi connectivity index (χ0v) is 27.6. The van der Waals surface area contributed by atoms with E-state index >= 15 is 0 Å². The minimum absolute atomic E-state index is 0.0388. The van der Waals surface area contributed by atoms with Crippen LogP contribution in [0.15, 0.2) is 65.2 Å². The van der Waals surface area contributed by atoms with Crippen LogP contribution in [-0.2, 0) is 16.1 Å². The molecule has 254 valence electrons. The van der Waals surface area contributed by atoms with Gasteiger partial charge in [0.1, 0.15) is 11.6 Å². The number of aryl methyl sites for hydroxylation is 2. The van der Waals surface area contributed by atoms with Crippen LogP contribution in [0.2, 0.25) is 0 Å². The molecule has 10 nitrogen and oxygen atoms in total. The third-order valence-corrected chi connectivity index (χ3v) is 9.73. The van der Waals surface area contributed by atoms with Gasteiger partial charge in [-0.15, -0.1) is 0 Å². The fraction of sp³-hybridized carbons (Fsp3) is 0.351. The fourth-order valence-electron chi connectivity index (χ4n) is 7.32. The number of hydrogen-bond acceptors (Lipinski definition) is 7. The summed E-state index contributed by atoms with van der Waals surface area (Å²) in [5, 5.41) is 7.10. The highest BCUT2D eigenvalue weighted by Gasteiger charge is 2.36. The number of halogens is 2. The molecule has 0 unspecified atom stereocenters. The van der Waals surface area contributed by atoms with Crippen LogP contribution in [-0.4, -0.2) is 51.1 Å². The number of imidazole rings is 1. The standard InChI is InChI=1S/C37H39F2N7O3/c1-22-36(23(2)49-43-22)25-8-13-32-31(18-25)42-37(33-4-3-5-35(48)45(33)28-11-12-29(38)30(39)19-28)46(32)27-14-16-44(17-15-27)21-34(47)41-26-9-6-24(20-40)7-10-26/h6-13,18-19,27,33H,3-5,14-17,20-21,40H2,1-2H3,(H,41,47)/t33-/m0/s1. The molecular formula is C37H39F2N7O3. The van der Waals surface area contributed by atoms with Crippen molar-refractivity contribution in [2.75, 3.05) is 29.9 Å². The van der Waals surface area contributed by atoms with Gasteiger partial charge in [0.25, 0.3) is 0 Å². The Labute approximate surface area is 282 Å². The Morgan fingerprint density at radius 1 is 1.00 bits per heavy atom. The molecule has 2 aliphatic heterocycles. The van der Waals surface area contributed by atoms with E-state index in [2.05, 4.69) is 26.0 Å². The van der Waals surface area contributed by atoms with Crippen LogP contribution in [0.3, 0.4) is 0 Å². The number of anilines is 2. The molecule has 2 fully saturated rings. The van der Waals surface area contributed by atoms with Gasteiger partial charge in [0.05, 0.1) is 29.3 Å². The summed E-state index contributed by atoms with van der Waals surface area (Å²) in [5.41, 5.74) is 12.0. The highest BCUT2D eigenvalue weighted by atomic mass is 19.2. The molecule has 1 atom stereocenters. The lowest BCUT2D eigenvalue weighted by molar-refractivity contribution is -0.120. The summed E-state index contributed by atoms with van der Waals surface area (Å²) in [6.45, 7) is 5.87. The predicted molar refractivity (Wildman–Crippen MR) is 183 cm³/mol. The van der Waals surface area contributed by atoms with Gasteiger partial charge in [-0.1, -0.05) is 23.4 Å². The van der Waals surface area contributed by atoms with Gasteiger partial charge in [-0.2, -0.15) is 0 Å². The van der Waals surface area contributed by atoms with Crippen LogP contribution in [0.5, 0.6) is 0 Å². The average Bonchev–Trinajstić information content (AvgIpc) is 3.65.